The third-order valence-corrected chi connectivity index (χ3v) is 11.4. The van der Waals surface area contributed by atoms with Crippen LogP contribution in [0.4, 0.5) is 36.3 Å². The van der Waals surface area contributed by atoms with Gasteiger partial charge in [0.2, 0.25) is 11.8 Å². The molecule has 0 saturated heterocycles. The summed E-state index contributed by atoms with van der Waals surface area (Å²) in [4.78, 5) is 10.6. The van der Waals surface area contributed by atoms with E-state index in [1.54, 1.807) is 49.7 Å². The Balaban J connectivity index is 1.45. The van der Waals surface area contributed by atoms with E-state index in [1.807, 2.05) is 12.3 Å². The standard InChI is InChI=1S/C35H46F3N6O5P/c1-7-43(4)24-13-11-23(12-14-24)25-15-17-29(31-26(25)20-44(5)33(31)45)40-32-27(35(36,37)38)19-39-34(42-32)41-28-16-10-22(18-30(28)47-6)21-50(46,48-8-2)49-9-3/h10,15-20,23-24,45H,7-9,11-14,21H2,1-6H3,(H2,39,40,41,42). The number of anilines is 4. The lowest BCUT2D eigenvalue weighted by atomic mass is 9.80. The van der Waals surface area contributed by atoms with Crippen LogP contribution in [-0.4, -0.2) is 64.5 Å². The molecule has 50 heavy (non-hydrogen) atoms. The van der Waals surface area contributed by atoms with Crippen LogP contribution in [0.2, 0.25) is 0 Å². The van der Waals surface area contributed by atoms with E-state index in [4.69, 9.17) is 13.8 Å². The number of benzene rings is 2. The van der Waals surface area contributed by atoms with Crippen molar-refractivity contribution in [1.82, 2.24) is 19.4 Å². The molecule has 2 aromatic carbocycles. The van der Waals surface area contributed by atoms with Gasteiger partial charge < -0.3 is 39.0 Å². The highest BCUT2D eigenvalue weighted by Crippen LogP contribution is 2.52. The minimum Gasteiger partial charge on any atom is -0.495 e. The third-order valence-electron chi connectivity index (χ3n) is 9.31. The van der Waals surface area contributed by atoms with Gasteiger partial charge >= 0.3 is 13.8 Å². The van der Waals surface area contributed by atoms with Crippen molar-refractivity contribution < 1.29 is 36.6 Å². The molecule has 11 nitrogen and oxygen atoms in total. The largest absolute Gasteiger partial charge is 0.495 e. The number of halogens is 3. The fourth-order valence-corrected chi connectivity index (χ4v) is 8.36. The van der Waals surface area contributed by atoms with Gasteiger partial charge in [0.05, 0.1) is 43.2 Å². The Kier molecular flexibility index (Phi) is 11.7. The summed E-state index contributed by atoms with van der Waals surface area (Å²) in [6.45, 7) is 7.02. The zero-order chi connectivity index (χ0) is 36.2. The van der Waals surface area contributed by atoms with Crippen LogP contribution in [-0.2, 0) is 33.0 Å². The number of aromatic nitrogens is 3. The monoisotopic (exact) mass is 718 g/mol. The molecule has 1 saturated carbocycles. The van der Waals surface area contributed by atoms with E-state index in [2.05, 4.69) is 39.5 Å². The van der Waals surface area contributed by atoms with Crippen LogP contribution in [0.15, 0.2) is 42.7 Å². The molecule has 0 radical (unpaired) electrons. The molecule has 3 N–H and O–H groups in total. The van der Waals surface area contributed by atoms with Gasteiger partial charge in [0.15, 0.2) is 0 Å². The lowest BCUT2D eigenvalue weighted by molar-refractivity contribution is -0.137. The number of methoxy groups -OCH3 is 1. The van der Waals surface area contributed by atoms with Crippen LogP contribution in [0.5, 0.6) is 11.6 Å². The van der Waals surface area contributed by atoms with Gasteiger partial charge in [-0.25, -0.2) is 4.98 Å². The zero-order valence-electron chi connectivity index (χ0n) is 29.3. The molecule has 272 valence electrons. The SMILES string of the molecule is CCOP(=O)(Cc1ccc(Nc2ncc(C(F)(F)F)c(Nc3ccc(C4CCC(N(C)CC)CC4)c4cn(C)c(O)c34)n2)c(OC)c1)OCC. The van der Waals surface area contributed by atoms with Gasteiger partial charge in [-0.15, -0.1) is 0 Å². The predicted molar refractivity (Wildman–Crippen MR) is 189 cm³/mol. The third kappa shape index (κ3) is 8.20. The van der Waals surface area contributed by atoms with Gasteiger partial charge in [0.25, 0.3) is 0 Å². The van der Waals surface area contributed by atoms with E-state index >= 15 is 0 Å². The van der Waals surface area contributed by atoms with Crippen molar-refractivity contribution in [3.05, 3.63) is 59.4 Å². The molecular formula is C35H46F3N6O5P. The second-order valence-corrected chi connectivity index (χ2v) is 14.5. The Labute approximate surface area is 290 Å². The maximum atomic E-state index is 14.3. The molecule has 0 amide bonds. The number of hydrogen-bond acceptors (Lipinski definition) is 10. The Morgan fingerprint density at radius 1 is 1.04 bits per heavy atom. The van der Waals surface area contributed by atoms with E-state index in [0.717, 1.165) is 43.2 Å². The topological polar surface area (TPSA) is 123 Å². The fourth-order valence-electron chi connectivity index (χ4n) is 6.67. The van der Waals surface area contributed by atoms with Crippen molar-refractivity contribution in [3.8, 4) is 11.6 Å². The van der Waals surface area contributed by atoms with Gasteiger partial charge in [0.1, 0.15) is 17.1 Å². The average molecular weight is 719 g/mol. The number of aromatic hydroxyl groups is 1. The number of aryl methyl sites for hydroxylation is 1. The summed E-state index contributed by atoms with van der Waals surface area (Å²) >= 11 is 0. The van der Waals surface area contributed by atoms with Crippen molar-refractivity contribution in [2.75, 3.05) is 44.5 Å². The number of nitrogens with one attached hydrogen (secondary N) is 2. The van der Waals surface area contributed by atoms with Crippen LogP contribution in [0.1, 0.15) is 69.1 Å². The molecule has 2 aromatic heterocycles. The first-order valence-electron chi connectivity index (χ1n) is 16.8. The van der Waals surface area contributed by atoms with Gasteiger partial charge in [-0.05, 0) is 88.4 Å². The summed E-state index contributed by atoms with van der Waals surface area (Å²) in [6, 6.07) is 9.13. The highest BCUT2D eigenvalue weighted by molar-refractivity contribution is 7.53. The highest BCUT2D eigenvalue weighted by Gasteiger charge is 2.36. The number of alkyl halides is 3. The summed E-state index contributed by atoms with van der Waals surface area (Å²) in [7, 11) is 1.89. The van der Waals surface area contributed by atoms with E-state index in [9.17, 15) is 22.8 Å². The molecule has 0 aliphatic heterocycles. The molecule has 0 unspecified atom stereocenters. The maximum Gasteiger partial charge on any atom is 0.421 e. The first-order valence-corrected chi connectivity index (χ1v) is 18.6. The summed E-state index contributed by atoms with van der Waals surface area (Å²) < 4.78 is 73.8. The molecular weight excluding hydrogens is 672 g/mol. The lowest BCUT2D eigenvalue weighted by Gasteiger charge is -2.34. The second kappa shape index (κ2) is 15.6. The van der Waals surface area contributed by atoms with E-state index in [0.29, 0.717) is 34.6 Å². The fraction of sp³-hybridized carbons (Fsp3) is 0.486. The number of rotatable bonds is 14. The Morgan fingerprint density at radius 3 is 2.34 bits per heavy atom. The van der Waals surface area contributed by atoms with Crippen LogP contribution >= 0.6 is 7.60 Å². The molecule has 4 aromatic rings. The average Bonchev–Trinajstić information content (AvgIpc) is 3.38. The summed E-state index contributed by atoms with van der Waals surface area (Å²) in [5.41, 5.74) is 1.27. The Bertz CT molecular complexity index is 1830. The maximum absolute atomic E-state index is 14.3. The van der Waals surface area contributed by atoms with Gasteiger partial charge in [-0.3, -0.25) is 4.57 Å². The molecule has 2 heterocycles. The van der Waals surface area contributed by atoms with Crippen LogP contribution in [0.3, 0.4) is 0 Å². The van der Waals surface area contributed by atoms with Gasteiger partial charge in [0, 0.05) is 30.9 Å². The van der Waals surface area contributed by atoms with Crippen LogP contribution in [0, 0.1) is 0 Å². The normalized spacial score (nSPS) is 17.0. The molecule has 0 bridgehead atoms. The van der Waals surface area contributed by atoms with Crippen LogP contribution < -0.4 is 15.4 Å². The number of ether oxygens (including phenoxy) is 1. The quantitative estimate of drug-likeness (QED) is 0.109. The van der Waals surface area contributed by atoms with Gasteiger partial charge in [-0.1, -0.05) is 19.1 Å². The van der Waals surface area contributed by atoms with Crippen molar-refractivity contribution in [1.29, 1.82) is 0 Å². The van der Waals surface area contributed by atoms with E-state index < -0.39 is 25.2 Å². The van der Waals surface area contributed by atoms with Crippen molar-refractivity contribution in [3.63, 3.8) is 0 Å². The zero-order valence-corrected chi connectivity index (χ0v) is 30.2. The molecule has 0 spiro atoms. The minimum absolute atomic E-state index is 0.00717. The molecule has 15 heteroatoms. The van der Waals surface area contributed by atoms with E-state index in [1.165, 1.54) is 7.11 Å². The van der Waals surface area contributed by atoms with Crippen molar-refractivity contribution in [2.24, 2.45) is 7.05 Å². The molecule has 1 aliphatic rings. The number of hydrogen-bond donors (Lipinski definition) is 3. The van der Waals surface area contributed by atoms with Crippen molar-refractivity contribution in [2.45, 2.75) is 70.8 Å². The molecule has 1 aliphatic carbocycles. The summed E-state index contributed by atoms with van der Waals surface area (Å²) in [5.74, 6) is -0.0861. The summed E-state index contributed by atoms with van der Waals surface area (Å²) in [6.07, 6.45) is 1.84. The predicted octanol–water partition coefficient (Wildman–Crippen LogP) is 8.93. The lowest BCUT2D eigenvalue weighted by Crippen LogP contribution is -2.34. The number of fused-ring (bicyclic) bond motifs is 1. The summed E-state index contributed by atoms with van der Waals surface area (Å²) in [5, 5.41) is 18.1. The Hall–Kier alpha value is -3.84. The first-order chi connectivity index (χ1) is 23.8. The van der Waals surface area contributed by atoms with E-state index in [-0.39, 0.29) is 42.8 Å². The minimum atomic E-state index is -4.77. The molecule has 1 fully saturated rings. The highest BCUT2D eigenvalue weighted by atomic mass is 31.2. The second-order valence-electron chi connectivity index (χ2n) is 12.5. The molecule has 0 atom stereocenters. The van der Waals surface area contributed by atoms with Crippen molar-refractivity contribution >= 4 is 41.5 Å². The van der Waals surface area contributed by atoms with Gasteiger partial charge in [-0.2, -0.15) is 18.2 Å². The molecule has 5 rings (SSSR count). The smallest absolute Gasteiger partial charge is 0.421 e. The van der Waals surface area contributed by atoms with Crippen LogP contribution in [0.25, 0.3) is 10.8 Å². The first kappa shape index (κ1) is 37.4. The Morgan fingerprint density at radius 2 is 1.72 bits per heavy atom. The number of nitrogens with zero attached hydrogens (tertiary/aromatic N) is 4.